The molecule has 2 aromatic rings. The van der Waals surface area contributed by atoms with Crippen molar-refractivity contribution in [3.8, 4) is 11.5 Å². The zero-order chi connectivity index (χ0) is 19.3. The van der Waals surface area contributed by atoms with Crippen LogP contribution in [0.1, 0.15) is 64.7 Å². The van der Waals surface area contributed by atoms with Crippen LogP contribution in [0.5, 0.6) is 11.5 Å². The van der Waals surface area contributed by atoms with Crippen LogP contribution in [0.3, 0.4) is 0 Å². The van der Waals surface area contributed by atoms with Gasteiger partial charge in [0.05, 0.1) is 18.2 Å². The second-order valence-electron chi connectivity index (χ2n) is 6.97. The molecule has 0 N–H and O–H groups in total. The van der Waals surface area contributed by atoms with Gasteiger partial charge < -0.3 is 9.47 Å². The second-order valence-corrected chi connectivity index (χ2v) is 7.73. The summed E-state index contributed by atoms with van der Waals surface area (Å²) in [4.78, 5) is 0. The van der Waals surface area contributed by atoms with Gasteiger partial charge in [0.2, 0.25) is 0 Å². The molecule has 4 heteroatoms. The molecule has 0 atom stereocenters. The number of unbranched alkanes of at least 4 members (excludes halogenated alkanes) is 7. The van der Waals surface area contributed by atoms with E-state index >= 15 is 0 Å². The molecule has 0 aliphatic rings. The maximum absolute atomic E-state index is 6.55. The molecule has 0 fully saturated rings. The number of rotatable bonds is 14. The van der Waals surface area contributed by atoms with Gasteiger partial charge in [-0.3, -0.25) is 0 Å². The van der Waals surface area contributed by atoms with Crippen LogP contribution in [0, 0.1) is 0 Å². The first-order valence-corrected chi connectivity index (χ1v) is 11.2. The van der Waals surface area contributed by atoms with Crippen molar-refractivity contribution in [2.45, 2.75) is 64.7 Å². The fourth-order valence-electron chi connectivity index (χ4n) is 3.08. The standard InChI is InChI=1S/C23H32Cl2O2/c1-2-3-4-6-9-16-26-20-12-13-21-19(18-20)11-14-22(23(21)25)27-17-10-7-5-8-15-24/h11-14,18H,2-10,15-17H2,1H3. The van der Waals surface area contributed by atoms with Gasteiger partial charge in [0.25, 0.3) is 0 Å². The minimum Gasteiger partial charge on any atom is -0.494 e. The van der Waals surface area contributed by atoms with Crippen LogP contribution in [0.25, 0.3) is 10.8 Å². The van der Waals surface area contributed by atoms with Gasteiger partial charge in [-0.1, -0.05) is 63.1 Å². The quantitative estimate of drug-likeness (QED) is 0.231. The molecule has 2 rings (SSSR count). The minimum absolute atomic E-state index is 0.680. The molecule has 0 amide bonds. The summed E-state index contributed by atoms with van der Waals surface area (Å²) in [6, 6.07) is 10.1. The van der Waals surface area contributed by atoms with E-state index in [0.29, 0.717) is 11.6 Å². The first kappa shape index (κ1) is 22.2. The van der Waals surface area contributed by atoms with E-state index in [4.69, 9.17) is 32.7 Å². The van der Waals surface area contributed by atoms with E-state index < -0.39 is 0 Å². The summed E-state index contributed by atoms with van der Waals surface area (Å²) in [6.07, 6.45) is 10.6. The zero-order valence-corrected chi connectivity index (χ0v) is 18.0. The maximum atomic E-state index is 6.55. The lowest BCUT2D eigenvalue weighted by Crippen LogP contribution is -1.99. The summed E-state index contributed by atoms with van der Waals surface area (Å²) in [5.74, 6) is 2.40. The van der Waals surface area contributed by atoms with Crippen LogP contribution in [0.4, 0.5) is 0 Å². The Balaban J connectivity index is 1.84. The summed E-state index contributed by atoms with van der Waals surface area (Å²) >= 11 is 12.2. The van der Waals surface area contributed by atoms with Crippen LogP contribution in [-0.2, 0) is 0 Å². The summed E-state index contributed by atoms with van der Waals surface area (Å²) in [5.41, 5.74) is 0. The van der Waals surface area contributed by atoms with E-state index in [-0.39, 0.29) is 0 Å². The molecule has 27 heavy (non-hydrogen) atoms. The van der Waals surface area contributed by atoms with Gasteiger partial charge in [0.1, 0.15) is 11.5 Å². The van der Waals surface area contributed by atoms with Gasteiger partial charge in [-0.25, -0.2) is 0 Å². The van der Waals surface area contributed by atoms with Crippen molar-refractivity contribution in [3.63, 3.8) is 0 Å². The fraction of sp³-hybridized carbons (Fsp3) is 0.565. The number of hydrogen-bond acceptors (Lipinski definition) is 2. The largest absolute Gasteiger partial charge is 0.494 e. The summed E-state index contributed by atoms with van der Waals surface area (Å²) < 4.78 is 11.8. The fourth-order valence-corrected chi connectivity index (χ4v) is 3.56. The van der Waals surface area contributed by atoms with Gasteiger partial charge in [-0.05, 0) is 48.9 Å². The SMILES string of the molecule is CCCCCCCOc1ccc2c(Cl)c(OCCCCCCCl)ccc2c1. The van der Waals surface area contributed by atoms with E-state index in [2.05, 4.69) is 19.1 Å². The highest BCUT2D eigenvalue weighted by Gasteiger charge is 2.08. The van der Waals surface area contributed by atoms with Crippen molar-refractivity contribution in [2.24, 2.45) is 0 Å². The van der Waals surface area contributed by atoms with E-state index in [1.807, 2.05) is 18.2 Å². The molecule has 0 bridgehead atoms. The van der Waals surface area contributed by atoms with E-state index in [1.54, 1.807) is 0 Å². The third kappa shape index (κ3) is 7.79. The summed E-state index contributed by atoms with van der Waals surface area (Å²) in [6.45, 7) is 3.69. The van der Waals surface area contributed by atoms with Crippen molar-refractivity contribution in [1.29, 1.82) is 0 Å². The Labute approximate surface area is 174 Å². The van der Waals surface area contributed by atoms with Crippen LogP contribution >= 0.6 is 23.2 Å². The molecular weight excluding hydrogens is 379 g/mol. The molecule has 0 spiro atoms. The normalized spacial score (nSPS) is 11.1. The van der Waals surface area contributed by atoms with Gasteiger partial charge in [0, 0.05) is 11.3 Å². The van der Waals surface area contributed by atoms with Gasteiger partial charge in [-0.15, -0.1) is 11.6 Å². The predicted octanol–water partition coefficient (Wildman–Crippen LogP) is 8.02. The molecular formula is C23H32Cl2O2. The smallest absolute Gasteiger partial charge is 0.138 e. The second kappa shape index (κ2) is 13.1. The van der Waals surface area contributed by atoms with Crippen molar-refractivity contribution < 1.29 is 9.47 Å². The first-order valence-electron chi connectivity index (χ1n) is 10.3. The van der Waals surface area contributed by atoms with Crippen LogP contribution in [-0.4, -0.2) is 19.1 Å². The highest BCUT2D eigenvalue weighted by atomic mass is 35.5. The van der Waals surface area contributed by atoms with Crippen molar-refractivity contribution >= 4 is 34.0 Å². The topological polar surface area (TPSA) is 18.5 Å². The Kier molecular flexibility index (Phi) is 10.8. The third-order valence-electron chi connectivity index (χ3n) is 4.69. The van der Waals surface area contributed by atoms with Gasteiger partial charge in [0.15, 0.2) is 0 Å². The van der Waals surface area contributed by atoms with Crippen LogP contribution in [0.2, 0.25) is 5.02 Å². The van der Waals surface area contributed by atoms with Gasteiger partial charge in [-0.2, -0.15) is 0 Å². The third-order valence-corrected chi connectivity index (χ3v) is 5.35. The lowest BCUT2D eigenvalue weighted by atomic mass is 10.1. The Morgan fingerprint density at radius 2 is 1.48 bits per heavy atom. The highest BCUT2D eigenvalue weighted by Crippen LogP contribution is 2.34. The molecule has 2 aromatic carbocycles. The summed E-state index contributed by atoms with van der Waals surface area (Å²) in [7, 11) is 0. The molecule has 150 valence electrons. The minimum atomic E-state index is 0.680. The number of fused-ring (bicyclic) bond motifs is 1. The molecule has 2 nitrogen and oxygen atoms in total. The Hall–Kier alpha value is -1.12. The average Bonchev–Trinajstić information content (AvgIpc) is 2.69. The van der Waals surface area contributed by atoms with E-state index in [0.717, 1.165) is 66.9 Å². The molecule has 0 saturated heterocycles. The van der Waals surface area contributed by atoms with Crippen molar-refractivity contribution in [3.05, 3.63) is 35.4 Å². The number of halogens is 2. The average molecular weight is 411 g/mol. The predicted molar refractivity (Wildman–Crippen MR) is 118 cm³/mol. The molecule has 0 unspecified atom stereocenters. The first-order chi connectivity index (χ1) is 13.3. The van der Waals surface area contributed by atoms with E-state index in [9.17, 15) is 0 Å². The molecule has 0 saturated carbocycles. The molecule has 0 radical (unpaired) electrons. The van der Waals surface area contributed by atoms with Gasteiger partial charge >= 0.3 is 0 Å². The monoisotopic (exact) mass is 410 g/mol. The van der Waals surface area contributed by atoms with Crippen molar-refractivity contribution in [1.82, 2.24) is 0 Å². The number of hydrogen-bond donors (Lipinski definition) is 0. The Morgan fingerprint density at radius 1 is 0.778 bits per heavy atom. The Bertz CT molecular complexity index is 673. The maximum Gasteiger partial charge on any atom is 0.138 e. The number of benzene rings is 2. The summed E-state index contributed by atoms with van der Waals surface area (Å²) in [5, 5.41) is 2.77. The zero-order valence-electron chi connectivity index (χ0n) is 16.4. The highest BCUT2D eigenvalue weighted by molar-refractivity contribution is 6.37. The molecule has 0 aromatic heterocycles. The van der Waals surface area contributed by atoms with E-state index in [1.165, 1.54) is 25.7 Å². The number of alkyl halides is 1. The van der Waals surface area contributed by atoms with Crippen LogP contribution < -0.4 is 9.47 Å². The Morgan fingerprint density at radius 3 is 2.22 bits per heavy atom. The number of ether oxygens (including phenoxy) is 2. The lowest BCUT2D eigenvalue weighted by Gasteiger charge is -2.12. The van der Waals surface area contributed by atoms with Crippen LogP contribution in [0.15, 0.2) is 30.3 Å². The van der Waals surface area contributed by atoms with Crippen molar-refractivity contribution in [2.75, 3.05) is 19.1 Å². The molecule has 0 heterocycles. The molecule has 0 aliphatic heterocycles. The molecule has 0 aliphatic carbocycles. The lowest BCUT2D eigenvalue weighted by molar-refractivity contribution is 0.304.